The number of halogens is 1. The second kappa shape index (κ2) is 16.9. The van der Waals surface area contributed by atoms with Crippen molar-refractivity contribution in [2.24, 2.45) is 7.05 Å². The number of hydrogen-bond acceptors (Lipinski definition) is 5. The maximum absolute atomic E-state index is 13.6. The fourth-order valence-corrected chi connectivity index (χ4v) is 2.26. The lowest BCUT2D eigenvalue weighted by atomic mass is 10.2. The quantitative estimate of drug-likeness (QED) is 0.362. The minimum atomic E-state index is -0.437. The highest BCUT2D eigenvalue weighted by Crippen LogP contribution is 2.31. The summed E-state index contributed by atoms with van der Waals surface area (Å²) in [4.78, 5) is 18.4. The molecule has 0 radical (unpaired) electrons. The van der Waals surface area contributed by atoms with Crippen molar-refractivity contribution in [1.82, 2.24) is 14.5 Å². The van der Waals surface area contributed by atoms with Crippen LogP contribution >= 0.6 is 0 Å². The molecule has 178 valence electrons. The van der Waals surface area contributed by atoms with Gasteiger partial charge in [0.25, 0.3) is 5.56 Å². The first kappa shape index (κ1) is 29.3. The molecule has 4 rings (SSSR count). The Bertz CT molecular complexity index is 1130. The van der Waals surface area contributed by atoms with Crippen molar-refractivity contribution < 1.29 is 14.2 Å². The summed E-state index contributed by atoms with van der Waals surface area (Å²) in [6.07, 6.45) is 4.53. The van der Waals surface area contributed by atoms with Crippen molar-refractivity contribution in [3.63, 3.8) is 0 Å². The Morgan fingerprint density at radius 2 is 1.55 bits per heavy atom. The standard InChI is InChI=1S/C15H10FNO2.C5H6N2O.3C2H6/c16-12-3-1-2-4-15(12)19-14-7-8-17-13-6-5-10(18)9-11(13)14;1-7-4-6-3-2-5(7)8;3*1-2/h1-9,18H;2-4H,1H3;3*1-2H3. The van der Waals surface area contributed by atoms with Crippen LogP contribution in [0.3, 0.4) is 0 Å². The molecule has 6 nitrogen and oxygen atoms in total. The minimum absolute atomic E-state index is 0.0278. The number of benzene rings is 2. The first-order valence-electron chi connectivity index (χ1n) is 11.0. The zero-order valence-electron chi connectivity index (χ0n) is 20.4. The zero-order chi connectivity index (χ0) is 25.2. The van der Waals surface area contributed by atoms with E-state index in [0.29, 0.717) is 16.7 Å². The molecule has 0 aliphatic rings. The second-order valence-corrected chi connectivity index (χ2v) is 5.57. The molecule has 33 heavy (non-hydrogen) atoms. The smallest absolute Gasteiger partial charge is 0.252 e. The van der Waals surface area contributed by atoms with Crippen LogP contribution < -0.4 is 10.3 Å². The van der Waals surface area contributed by atoms with Gasteiger partial charge in [-0.25, -0.2) is 9.37 Å². The number of fused-ring (bicyclic) bond motifs is 1. The van der Waals surface area contributed by atoms with Crippen molar-refractivity contribution in [3.8, 4) is 17.2 Å². The molecule has 0 saturated heterocycles. The molecule has 0 atom stereocenters. The monoisotopic (exact) mass is 455 g/mol. The Labute approximate surface area is 195 Å². The number of phenolic OH excluding ortho intramolecular Hbond substituents is 1. The van der Waals surface area contributed by atoms with Gasteiger partial charge in [-0.3, -0.25) is 9.78 Å². The molecule has 0 saturated carbocycles. The lowest BCUT2D eigenvalue weighted by molar-refractivity contribution is 0.445. The van der Waals surface area contributed by atoms with Gasteiger partial charge in [0.2, 0.25) is 0 Å². The van der Waals surface area contributed by atoms with E-state index < -0.39 is 5.82 Å². The van der Waals surface area contributed by atoms with Crippen molar-refractivity contribution in [1.29, 1.82) is 0 Å². The van der Waals surface area contributed by atoms with Crippen molar-refractivity contribution in [3.05, 3.63) is 89.5 Å². The summed E-state index contributed by atoms with van der Waals surface area (Å²) < 4.78 is 20.5. The van der Waals surface area contributed by atoms with E-state index in [1.54, 1.807) is 55.7 Å². The number of ether oxygens (including phenoxy) is 1. The van der Waals surface area contributed by atoms with Gasteiger partial charge in [-0.15, -0.1) is 0 Å². The number of phenols is 1. The number of rotatable bonds is 2. The molecule has 0 unspecified atom stereocenters. The van der Waals surface area contributed by atoms with Gasteiger partial charge in [0.15, 0.2) is 11.6 Å². The molecule has 1 N–H and O–H groups in total. The molecule has 2 aromatic heterocycles. The third-order valence-electron chi connectivity index (χ3n) is 3.63. The van der Waals surface area contributed by atoms with Crippen LogP contribution in [0.5, 0.6) is 17.2 Å². The van der Waals surface area contributed by atoms with Gasteiger partial charge < -0.3 is 14.4 Å². The molecular formula is C26H34FN3O3. The van der Waals surface area contributed by atoms with E-state index in [2.05, 4.69) is 9.97 Å². The lowest BCUT2D eigenvalue weighted by Crippen LogP contribution is -2.13. The van der Waals surface area contributed by atoms with Crippen LogP contribution in [0.25, 0.3) is 10.9 Å². The Hall–Kier alpha value is -3.74. The van der Waals surface area contributed by atoms with E-state index in [1.807, 2.05) is 41.5 Å². The van der Waals surface area contributed by atoms with Gasteiger partial charge in [0.05, 0.1) is 11.8 Å². The summed E-state index contributed by atoms with van der Waals surface area (Å²) >= 11 is 0. The van der Waals surface area contributed by atoms with E-state index in [0.717, 1.165) is 0 Å². The summed E-state index contributed by atoms with van der Waals surface area (Å²) in [6, 6.07) is 14.0. The predicted octanol–water partition coefficient (Wildman–Crippen LogP) is 6.73. The maximum Gasteiger partial charge on any atom is 0.252 e. The summed E-state index contributed by atoms with van der Waals surface area (Å²) in [5.41, 5.74) is 0.645. The molecule has 0 aliphatic heterocycles. The number of para-hydroxylation sites is 1. The van der Waals surface area contributed by atoms with Gasteiger partial charge in [-0.1, -0.05) is 53.7 Å². The first-order valence-corrected chi connectivity index (χ1v) is 11.0. The largest absolute Gasteiger partial charge is 0.508 e. The summed E-state index contributed by atoms with van der Waals surface area (Å²) in [6.45, 7) is 12.0. The van der Waals surface area contributed by atoms with Crippen molar-refractivity contribution in [2.75, 3.05) is 0 Å². The van der Waals surface area contributed by atoms with Gasteiger partial charge >= 0.3 is 0 Å². The lowest BCUT2D eigenvalue weighted by Gasteiger charge is -2.09. The number of hydrogen-bond donors (Lipinski definition) is 1. The number of pyridine rings is 1. The fraction of sp³-hybridized carbons (Fsp3) is 0.269. The molecule has 0 bridgehead atoms. The Balaban J connectivity index is 0.000000613. The highest BCUT2D eigenvalue weighted by atomic mass is 19.1. The minimum Gasteiger partial charge on any atom is -0.508 e. The van der Waals surface area contributed by atoms with E-state index in [1.165, 1.54) is 29.2 Å². The first-order chi connectivity index (χ1) is 16.0. The van der Waals surface area contributed by atoms with Crippen molar-refractivity contribution in [2.45, 2.75) is 41.5 Å². The third kappa shape index (κ3) is 9.51. The molecular weight excluding hydrogens is 421 g/mol. The average Bonchev–Trinajstić information content (AvgIpc) is 2.87. The van der Waals surface area contributed by atoms with E-state index in [4.69, 9.17) is 4.74 Å². The van der Waals surface area contributed by atoms with Crippen LogP contribution in [0.1, 0.15) is 41.5 Å². The molecule has 4 aromatic rings. The molecule has 0 aliphatic carbocycles. The Morgan fingerprint density at radius 3 is 2.12 bits per heavy atom. The topological polar surface area (TPSA) is 77.2 Å². The van der Waals surface area contributed by atoms with Crippen LogP contribution in [0.15, 0.2) is 78.1 Å². The average molecular weight is 456 g/mol. The zero-order valence-corrected chi connectivity index (χ0v) is 20.4. The van der Waals surface area contributed by atoms with Crippen LogP contribution in [0.4, 0.5) is 4.39 Å². The SMILES string of the molecule is CC.CC.CC.Cn1cnccc1=O.Oc1ccc2nccc(Oc3ccccc3F)c2c1. The van der Waals surface area contributed by atoms with E-state index in [-0.39, 0.29) is 17.1 Å². The van der Waals surface area contributed by atoms with Crippen LogP contribution in [-0.4, -0.2) is 19.6 Å². The number of nitrogens with zero attached hydrogens (tertiary/aromatic N) is 3. The number of aromatic nitrogens is 3. The van der Waals surface area contributed by atoms with Crippen molar-refractivity contribution >= 4 is 10.9 Å². The summed E-state index contributed by atoms with van der Waals surface area (Å²) in [7, 11) is 1.66. The third-order valence-corrected chi connectivity index (χ3v) is 3.63. The molecule has 0 amide bonds. The highest BCUT2D eigenvalue weighted by molar-refractivity contribution is 5.86. The fourth-order valence-electron chi connectivity index (χ4n) is 2.26. The van der Waals surface area contributed by atoms with Gasteiger partial charge in [0, 0.05) is 30.9 Å². The Morgan fingerprint density at radius 1 is 0.879 bits per heavy atom. The molecule has 0 fully saturated rings. The Kier molecular flexibility index (Phi) is 15.0. The van der Waals surface area contributed by atoms with E-state index >= 15 is 0 Å². The van der Waals surface area contributed by atoms with E-state index in [9.17, 15) is 14.3 Å². The second-order valence-electron chi connectivity index (χ2n) is 5.57. The number of aryl methyl sites for hydroxylation is 1. The maximum atomic E-state index is 13.6. The van der Waals surface area contributed by atoms with Gasteiger partial charge in [-0.05, 0) is 36.4 Å². The number of aromatic hydroxyl groups is 1. The predicted molar refractivity (Wildman–Crippen MR) is 133 cm³/mol. The summed E-state index contributed by atoms with van der Waals surface area (Å²) in [5.74, 6) is 0.260. The highest BCUT2D eigenvalue weighted by Gasteiger charge is 2.08. The van der Waals surface area contributed by atoms with Crippen LogP contribution in [0, 0.1) is 5.82 Å². The van der Waals surface area contributed by atoms with Crippen LogP contribution in [-0.2, 0) is 7.05 Å². The molecule has 2 heterocycles. The molecule has 0 spiro atoms. The molecule has 7 heteroatoms. The van der Waals surface area contributed by atoms with Gasteiger partial charge in [0.1, 0.15) is 11.5 Å². The molecule has 2 aromatic carbocycles. The van der Waals surface area contributed by atoms with Crippen LogP contribution in [0.2, 0.25) is 0 Å². The van der Waals surface area contributed by atoms with Gasteiger partial charge in [-0.2, -0.15) is 0 Å². The normalized spacial score (nSPS) is 8.85. The summed E-state index contributed by atoms with van der Waals surface area (Å²) in [5, 5.41) is 10.1.